The maximum Gasteiger partial charge on any atom is 0.137 e. The topological polar surface area (TPSA) is 55.6 Å². The average Bonchev–Trinajstić information content (AvgIpc) is 3.09. The first-order chi connectivity index (χ1) is 9.79. The van der Waals surface area contributed by atoms with Gasteiger partial charge in [-0.05, 0) is 17.7 Å². The van der Waals surface area contributed by atoms with Crippen molar-refractivity contribution in [2.45, 2.75) is 13.1 Å². The third-order valence-corrected chi connectivity index (χ3v) is 3.82. The number of anilines is 1. The van der Waals surface area contributed by atoms with Crippen LogP contribution in [0, 0.1) is 0 Å². The highest BCUT2D eigenvalue weighted by molar-refractivity contribution is 7.15. The van der Waals surface area contributed by atoms with Crippen molar-refractivity contribution in [1.82, 2.24) is 19.7 Å². The van der Waals surface area contributed by atoms with Gasteiger partial charge >= 0.3 is 0 Å². The molecule has 5 nitrogen and oxygen atoms in total. The predicted molar refractivity (Wildman–Crippen MR) is 80.0 cm³/mol. The van der Waals surface area contributed by atoms with E-state index in [-0.39, 0.29) is 0 Å². The van der Waals surface area contributed by atoms with Gasteiger partial charge in [0.2, 0.25) is 0 Å². The number of benzene rings is 1. The molecule has 0 aliphatic heterocycles. The molecule has 3 rings (SSSR count). The Morgan fingerprint density at radius 3 is 3.05 bits per heavy atom. The van der Waals surface area contributed by atoms with E-state index in [1.165, 1.54) is 17.7 Å². The molecule has 0 bridgehead atoms. The predicted octanol–water partition coefficient (Wildman–Crippen LogP) is 3.05. The number of hydrogen-bond acceptors (Lipinski definition) is 5. The number of aromatic nitrogens is 4. The van der Waals surface area contributed by atoms with Crippen LogP contribution in [0.5, 0.6) is 0 Å². The summed E-state index contributed by atoms with van der Waals surface area (Å²) in [5.41, 5.74) is 2.21. The fraction of sp³-hybridized carbons (Fsp3) is 0.154. The summed E-state index contributed by atoms with van der Waals surface area (Å²) >= 11 is 7.34. The molecule has 3 aromatic rings. The molecule has 102 valence electrons. The van der Waals surface area contributed by atoms with Gasteiger partial charge < -0.3 is 5.32 Å². The van der Waals surface area contributed by atoms with Crippen molar-refractivity contribution in [3.05, 3.63) is 58.0 Å². The van der Waals surface area contributed by atoms with E-state index >= 15 is 0 Å². The van der Waals surface area contributed by atoms with Crippen LogP contribution in [-0.4, -0.2) is 19.7 Å². The molecule has 0 aliphatic rings. The van der Waals surface area contributed by atoms with Gasteiger partial charge in [0.05, 0.1) is 19.3 Å². The molecule has 1 N–H and O–H groups in total. The molecule has 0 saturated heterocycles. The van der Waals surface area contributed by atoms with Crippen molar-refractivity contribution in [2.24, 2.45) is 0 Å². The molecular weight excluding hydrogens is 294 g/mol. The van der Waals surface area contributed by atoms with Gasteiger partial charge in [-0.2, -0.15) is 5.10 Å². The van der Waals surface area contributed by atoms with E-state index in [1.54, 1.807) is 17.2 Å². The first-order valence-electron chi connectivity index (χ1n) is 6.05. The zero-order valence-electron chi connectivity index (χ0n) is 10.5. The van der Waals surface area contributed by atoms with E-state index in [0.29, 0.717) is 17.4 Å². The molecule has 0 atom stereocenters. The quantitative estimate of drug-likeness (QED) is 0.787. The maximum absolute atomic E-state index is 5.86. The fourth-order valence-electron chi connectivity index (χ4n) is 1.83. The van der Waals surface area contributed by atoms with Crippen molar-refractivity contribution < 1.29 is 0 Å². The van der Waals surface area contributed by atoms with Crippen molar-refractivity contribution in [2.75, 3.05) is 5.32 Å². The number of nitrogens with zero attached hydrogens (tertiary/aromatic N) is 4. The minimum atomic E-state index is 0.671. The minimum Gasteiger partial charge on any atom is -0.379 e. The standard InChI is InChI=1S/C13H12ClN5S/c14-12-5-17-13(20-12)6-16-11-3-1-2-10(4-11)7-19-9-15-8-18-19/h1-5,8-9,16H,6-7H2. The van der Waals surface area contributed by atoms with Crippen LogP contribution in [0.1, 0.15) is 10.6 Å². The van der Waals surface area contributed by atoms with Gasteiger partial charge in [0.1, 0.15) is 22.0 Å². The maximum atomic E-state index is 5.86. The van der Waals surface area contributed by atoms with Crippen LogP contribution in [0.25, 0.3) is 0 Å². The Hall–Kier alpha value is -1.92. The number of rotatable bonds is 5. The van der Waals surface area contributed by atoms with E-state index in [1.807, 2.05) is 12.1 Å². The monoisotopic (exact) mass is 305 g/mol. The smallest absolute Gasteiger partial charge is 0.137 e. The summed E-state index contributed by atoms with van der Waals surface area (Å²) in [6.45, 7) is 1.38. The molecule has 0 aliphatic carbocycles. The lowest BCUT2D eigenvalue weighted by atomic mass is 10.2. The lowest BCUT2D eigenvalue weighted by Crippen LogP contribution is -2.02. The van der Waals surface area contributed by atoms with Crippen molar-refractivity contribution in [3.8, 4) is 0 Å². The van der Waals surface area contributed by atoms with Crippen LogP contribution in [0.4, 0.5) is 5.69 Å². The summed E-state index contributed by atoms with van der Waals surface area (Å²) in [7, 11) is 0. The Morgan fingerprint density at radius 2 is 2.30 bits per heavy atom. The Balaban J connectivity index is 1.65. The van der Waals surface area contributed by atoms with Crippen molar-refractivity contribution in [1.29, 1.82) is 0 Å². The van der Waals surface area contributed by atoms with Crippen LogP contribution < -0.4 is 5.32 Å². The number of nitrogens with one attached hydrogen (secondary N) is 1. The second-order valence-electron chi connectivity index (χ2n) is 4.21. The number of hydrogen-bond donors (Lipinski definition) is 1. The van der Waals surface area contributed by atoms with E-state index < -0.39 is 0 Å². The van der Waals surface area contributed by atoms with Gasteiger partial charge in [-0.15, -0.1) is 11.3 Å². The van der Waals surface area contributed by atoms with E-state index in [2.05, 4.69) is 32.5 Å². The molecule has 2 aromatic heterocycles. The zero-order chi connectivity index (χ0) is 13.8. The summed E-state index contributed by atoms with van der Waals surface area (Å²) in [4.78, 5) is 8.15. The lowest BCUT2D eigenvalue weighted by Gasteiger charge is -2.07. The summed E-state index contributed by atoms with van der Waals surface area (Å²) < 4.78 is 2.50. The van der Waals surface area contributed by atoms with Crippen LogP contribution in [-0.2, 0) is 13.1 Å². The molecule has 0 saturated carbocycles. The summed E-state index contributed by atoms with van der Waals surface area (Å²) in [5.74, 6) is 0. The van der Waals surface area contributed by atoms with Crippen molar-refractivity contribution in [3.63, 3.8) is 0 Å². The van der Waals surface area contributed by atoms with Gasteiger partial charge in [0, 0.05) is 5.69 Å². The Labute approximate surface area is 125 Å². The molecule has 0 spiro atoms. The summed E-state index contributed by atoms with van der Waals surface area (Å²) in [6, 6.07) is 8.20. The highest BCUT2D eigenvalue weighted by Crippen LogP contribution is 2.19. The molecule has 0 radical (unpaired) electrons. The average molecular weight is 306 g/mol. The minimum absolute atomic E-state index is 0.671. The number of thiazole rings is 1. The van der Waals surface area contributed by atoms with Crippen LogP contribution >= 0.6 is 22.9 Å². The summed E-state index contributed by atoms with van der Waals surface area (Å²) in [5, 5.41) is 8.41. The highest BCUT2D eigenvalue weighted by atomic mass is 35.5. The first-order valence-corrected chi connectivity index (χ1v) is 7.24. The molecule has 1 aromatic carbocycles. The highest BCUT2D eigenvalue weighted by Gasteiger charge is 2.01. The molecule has 2 heterocycles. The lowest BCUT2D eigenvalue weighted by molar-refractivity contribution is 0.685. The first kappa shape index (κ1) is 13.1. The molecule has 0 amide bonds. The van der Waals surface area contributed by atoms with E-state index in [4.69, 9.17) is 11.6 Å². The Bertz CT molecular complexity index is 680. The van der Waals surface area contributed by atoms with Gasteiger partial charge in [0.15, 0.2) is 0 Å². The SMILES string of the molecule is Clc1cnc(CNc2cccc(Cn3cncn3)c2)s1. The largest absolute Gasteiger partial charge is 0.379 e. The zero-order valence-corrected chi connectivity index (χ0v) is 12.1. The third-order valence-electron chi connectivity index (χ3n) is 2.71. The van der Waals surface area contributed by atoms with Crippen LogP contribution in [0.15, 0.2) is 43.1 Å². The third kappa shape index (κ3) is 3.34. The molecule has 20 heavy (non-hydrogen) atoms. The Morgan fingerprint density at radius 1 is 1.35 bits per heavy atom. The van der Waals surface area contributed by atoms with Crippen LogP contribution in [0.2, 0.25) is 4.34 Å². The molecular formula is C13H12ClN5S. The van der Waals surface area contributed by atoms with E-state index in [9.17, 15) is 0 Å². The molecule has 0 fully saturated rings. The van der Waals surface area contributed by atoms with Crippen molar-refractivity contribution >= 4 is 28.6 Å². The Kier molecular flexibility index (Phi) is 3.94. The van der Waals surface area contributed by atoms with Gasteiger partial charge in [-0.3, -0.25) is 0 Å². The normalized spacial score (nSPS) is 10.7. The fourth-order valence-corrected chi connectivity index (χ4v) is 2.72. The second-order valence-corrected chi connectivity index (χ2v) is 5.95. The van der Waals surface area contributed by atoms with Crippen LogP contribution in [0.3, 0.4) is 0 Å². The second kappa shape index (κ2) is 6.02. The number of halogens is 1. The molecule has 7 heteroatoms. The summed E-state index contributed by atoms with van der Waals surface area (Å²) in [6.07, 6.45) is 4.91. The van der Waals surface area contributed by atoms with Gasteiger partial charge in [0.25, 0.3) is 0 Å². The van der Waals surface area contributed by atoms with Gasteiger partial charge in [-0.25, -0.2) is 14.6 Å². The van der Waals surface area contributed by atoms with Gasteiger partial charge in [-0.1, -0.05) is 23.7 Å². The molecule has 0 unspecified atom stereocenters. The van der Waals surface area contributed by atoms with E-state index in [0.717, 1.165) is 16.3 Å².